The summed E-state index contributed by atoms with van der Waals surface area (Å²) in [6, 6.07) is 6.92. The molecule has 1 aromatic carbocycles. The molecule has 0 spiro atoms. The average molecular weight is 322 g/mol. The molecule has 0 saturated heterocycles. The Hall–Kier alpha value is -2.01. The molecule has 6 heteroatoms. The Balaban J connectivity index is 1.75. The number of aromatic nitrogens is 2. The van der Waals surface area contributed by atoms with Crippen LogP contribution in [0.5, 0.6) is 5.75 Å². The van der Waals surface area contributed by atoms with E-state index < -0.39 is 0 Å². The van der Waals surface area contributed by atoms with Gasteiger partial charge in [-0.15, -0.1) is 0 Å². The Morgan fingerprint density at radius 1 is 1.32 bits per heavy atom. The number of hydrogen-bond donors (Lipinski definition) is 1. The summed E-state index contributed by atoms with van der Waals surface area (Å²) >= 11 is 5.79. The van der Waals surface area contributed by atoms with Gasteiger partial charge in [-0.1, -0.05) is 11.6 Å². The molecule has 1 heterocycles. The van der Waals surface area contributed by atoms with Crippen LogP contribution >= 0.6 is 11.6 Å². The second-order valence-electron chi connectivity index (χ2n) is 5.12. The summed E-state index contributed by atoms with van der Waals surface area (Å²) in [6.07, 6.45) is 0.762. The number of rotatable bonds is 6. The molecule has 1 amide bonds. The highest BCUT2D eigenvalue weighted by Gasteiger charge is 2.09. The third kappa shape index (κ3) is 4.24. The molecule has 0 radical (unpaired) electrons. The molecule has 22 heavy (non-hydrogen) atoms. The lowest BCUT2D eigenvalue weighted by Crippen LogP contribution is -2.30. The molecule has 1 N–H and O–H groups in total. The predicted molar refractivity (Wildman–Crippen MR) is 86.3 cm³/mol. The summed E-state index contributed by atoms with van der Waals surface area (Å²) in [5.41, 5.74) is 3.32. The van der Waals surface area contributed by atoms with Gasteiger partial charge >= 0.3 is 0 Å². The van der Waals surface area contributed by atoms with Crippen molar-refractivity contribution in [1.29, 1.82) is 0 Å². The topological polar surface area (TPSA) is 56.2 Å². The zero-order chi connectivity index (χ0) is 16.1. The summed E-state index contributed by atoms with van der Waals surface area (Å²) in [5, 5.41) is 7.85. The van der Waals surface area contributed by atoms with Gasteiger partial charge in [0, 0.05) is 24.3 Å². The highest BCUT2D eigenvalue weighted by Crippen LogP contribution is 2.15. The van der Waals surface area contributed by atoms with Gasteiger partial charge in [0.2, 0.25) is 0 Å². The van der Waals surface area contributed by atoms with Crippen molar-refractivity contribution in [1.82, 2.24) is 15.1 Å². The number of carbonyl (C=O) groups is 1. The third-order valence-corrected chi connectivity index (χ3v) is 3.79. The number of amides is 1. The highest BCUT2D eigenvalue weighted by molar-refractivity contribution is 6.30. The molecular weight excluding hydrogens is 302 g/mol. The zero-order valence-electron chi connectivity index (χ0n) is 13.0. The number of nitrogens with zero attached hydrogens (tertiary/aromatic N) is 2. The number of halogens is 1. The van der Waals surface area contributed by atoms with Crippen LogP contribution in [0.3, 0.4) is 0 Å². The first-order chi connectivity index (χ1) is 10.5. The molecule has 0 aliphatic heterocycles. The van der Waals surface area contributed by atoms with Crippen molar-refractivity contribution in [3.05, 3.63) is 46.2 Å². The first-order valence-electron chi connectivity index (χ1n) is 7.11. The van der Waals surface area contributed by atoms with Gasteiger partial charge in [0.15, 0.2) is 6.61 Å². The summed E-state index contributed by atoms with van der Waals surface area (Å²) in [6.45, 7) is 4.57. The number of ether oxygens (including phenoxy) is 1. The van der Waals surface area contributed by atoms with Crippen LogP contribution in [0, 0.1) is 13.8 Å². The number of nitrogens with one attached hydrogen (secondary N) is 1. The van der Waals surface area contributed by atoms with Crippen molar-refractivity contribution < 1.29 is 9.53 Å². The van der Waals surface area contributed by atoms with Crippen molar-refractivity contribution in [3.8, 4) is 5.75 Å². The van der Waals surface area contributed by atoms with Crippen LogP contribution in [-0.4, -0.2) is 28.8 Å². The number of carbonyl (C=O) groups excluding carboxylic acids is 1. The van der Waals surface area contributed by atoms with E-state index >= 15 is 0 Å². The van der Waals surface area contributed by atoms with Crippen LogP contribution < -0.4 is 10.1 Å². The molecule has 0 bridgehead atoms. The Morgan fingerprint density at radius 3 is 2.59 bits per heavy atom. The van der Waals surface area contributed by atoms with Crippen LogP contribution in [0.15, 0.2) is 24.3 Å². The Bertz CT molecular complexity index is 650. The van der Waals surface area contributed by atoms with Gasteiger partial charge < -0.3 is 10.1 Å². The quantitative estimate of drug-likeness (QED) is 0.889. The molecule has 118 valence electrons. The molecule has 2 aromatic rings. The summed E-state index contributed by atoms with van der Waals surface area (Å²) in [5.74, 6) is 0.479. The first kappa shape index (κ1) is 16.4. The number of hydrogen-bond acceptors (Lipinski definition) is 3. The van der Waals surface area contributed by atoms with E-state index in [-0.39, 0.29) is 12.5 Å². The lowest BCUT2D eigenvalue weighted by Gasteiger charge is -2.08. The van der Waals surface area contributed by atoms with E-state index in [1.54, 1.807) is 24.3 Å². The van der Waals surface area contributed by atoms with Crippen LogP contribution in [0.25, 0.3) is 0 Å². The largest absolute Gasteiger partial charge is 0.484 e. The van der Waals surface area contributed by atoms with Crippen molar-refractivity contribution >= 4 is 17.5 Å². The molecular formula is C16H20ClN3O2. The Kier molecular flexibility index (Phi) is 5.44. The second-order valence-corrected chi connectivity index (χ2v) is 5.55. The summed E-state index contributed by atoms with van der Waals surface area (Å²) in [7, 11) is 1.92. The SMILES string of the molecule is Cc1nn(C)c(C)c1CCNC(=O)COc1ccc(Cl)cc1. The van der Waals surface area contributed by atoms with E-state index in [1.807, 2.05) is 25.6 Å². The van der Waals surface area contributed by atoms with Crippen molar-refractivity contribution in [2.45, 2.75) is 20.3 Å². The number of aryl methyl sites for hydroxylation is 2. The minimum atomic E-state index is -0.144. The molecule has 0 saturated carbocycles. The zero-order valence-corrected chi connectivity index (χ0v) is 13.8. The van der Waals surface area contributed by atoms with E-state index in [0.29, 0.717) is 17.3 Å². The lowest BCUT2D eigenvalue weighted by atomic mass is 10.1. The monoisotopic (exact) mass is 321 g/mol. The van der Waals surface area contributed by atoms with Gasteiger partial charge in [0.05, 0.1) is 5.69 Å². The van der Waals surface area contributed by atoms with Crippen molar-refractivity contribution in [3.63, 3.8) is 0 Å². The average Bonchev–Trinajstić information content (AvgIpc) is 2.73. The normalized spacial score (nSPS) is 10.5. The van der Waals surface area contributed by atoms with Crippen LogP contribution in [0.4, 0.5) is 0 Å². The minimum absolute atomic E-state index is 0.00731. The molecule has 0 aliphatic rings. The van der Waals surface area contributed by atoms with Gasteiger partial charge in [-0.2, -0.15) is 5.10 Å². The van der Waals surface area contributed by atoms with E-state index in [4.69, 9.17) is 16.3 Å². The molecule has 5 nitrogen and oxygen atoms in total. The maximum Gasteiger partial charge on any atom is 0.257 e. The third-order valence-electron chi connectivity index (χ3n) is 3.54. The van der Waals surface area contributed by atoms with E-state index in [2.05, 4.69) is 10.4 Å². The fourth-order valence-electron chi connectivity index (χ4n) is 2.24. The van der Waals surface area contributed by atoms with E-state index in [0.717, 1.165) is 17.8 Å². The lowest BCUT2D eigenvalue weighted by molar-refractivity contribution is -0.123. The standard InChI is InChI=1S/C16H20ClN3O2/c1-11-15(12(2)20(3)19-11)8-9-18-16(21)10-22-14-6-4-13(17)5-7-14/h4-7H,8-10H2,1-3H3,(H,18,21). The maximum absolute atomic E-state index is 11.8. The van der Waals surface area contributed by atoms with Gasteiger partial charge in [-0.25, -0.2) is 0 Å². The van der Waals surface area contributed by atoms with Gasteiger partial charge in [-0.3, -0.25) is 9.48 Å². The van der Waals surface area contributed by atoms with E-state index in [9.17, 15) is 4.79 Å². The molecule has 0 fully saturated rings. The molecule has 2 rings (SSSR count). The minimum Gasteiger partial charge on any atom is -0.484 e. The Morgan fingerprint density at radius 2 is 2.00 bits per heavy atom. The fourth-order valence-corrected chi connectivity index (χ4v) is 2.36. The Labute approximate surface area is 135 Å². The van der Waals surface area contributed by atoms with Crippen LogP contribution in [0.1, 0.15) is 17.0 Å². The highest BCUT2D eigenvalue weighted by atomic mass is 35.5. The fraction of sp³-hybridized carbons (Fsp3) is 0.375. The second kappa shape index (κ2) is 7.31. The van der Waals surface area contributed by atoms with Gasteiger partial charge in [-0.05, 0) is 50.1 Å². The summed E-state index contributed by atoms with van der Waals surface area (Å²) < 4.78 is 7.25. The smallest absolute Gasteiger partial charge is 0.257 e. The molecule has 0 atom stereocenters. The summed E-state index contributed by atoms with van der Waals surface area (Å²) in [4.78, 5) is 11.8. The molecule has 1 aromatic heterocycles. The van der Waals surface area contributed by atoms with Gasteiger partial charge in [0.1, 0.15) is 5.75 Å². The van der Waals surface area contributed by atoms with Gasteiger partial charge in [0.25, 0.3) is 5.91 Å². The van der Waals surface area contributed by atoms with E-state index in [1.165, 1.54) is 5.56 Å². The predicted octanol–water partition coefficient (Wildman–Crippen LogP) is 2.43. The molecule has 0 aliphatic carbocycles. The maximum atomic E-state index is 11.8. The van der Waals surface area contributed by atoms with Crippen molar-refractivity contribution in [2.75, 3.05) is 13.2 Å². The van der Waals surface area contributed by atoms with Crippen LogP contribution in [-0.2, 0) is 18.3 Å². The molecule has 0 unspecified atom stereocenters. The first-order valence-corrected chi connectivity index (χ1v) is 7.49. The number of benzene rings is 1. The van der Waals surface area contributed by atoms with Crippen LogP contribution in [0.2, 0.25) is 5.02 Å². The van der Waals surface area contributed by atoms with Crippen molar-refractivity contribution in [2.24, 2.45) is 7.05 Å².